The quantitative estimate of drug-likeness (QED) is 0.649. The number of hydrogen-bond acceptors (Lipinski definition) is 4. The zero-order valence-corrected chi connectivity index (χ0v) is 16.3. The van der Waals surface area contributed by atoms with Gasteiger partial charge < -0.3 is 14.6 Å². The molecule has 5 nitrogen and oxygen atoms in total. The van der Waals surface area contributed by atoms with E-state index in [1.165, 1.54) is 35.6 Å². The van der Waals surface area contributed by atoms with Gasteiger partial charge in [0, 0.05) is 18.7 Å². The number of amides is 1. The molecule has 1 amide bonds. The van der Waals surface area contributed by atoms with Crippen molar-refractivity contribution in [2.24, 2.45) is 7.05 Å². The van der Waals surface area contributed by atoms with E-state index < -0.39 is 17.9 Å². The number of thiophene rings is 1. The Morgan fingerprint density at radius 3 is 2.61 bits per heavy atom. The van der Waals surface area contributed by atoms with Crippen LogP contribution in [-0.4, -0.2) is 22.5 Å². The third kappa shape index (κ3) is 3.67. The number of halogens is 1. The molecule has 3 aromatic rings. The molecular weight excluding hydrogens is 379 g/mol. The third-order valence-corrected chi connectivity index (χ3v) is 6.06. The highest BCUT2D eigenvalue weighted by atomic mass is 32.1. The van der Waals surface area contributed by atoms with Gasteiger partial charge in [0.2, 0.25) is 6.10 Å². The zero-order chi connectivity index (χ0) is 19.7. The molecule has 0 saturated heterocycles. The number of rotatable bonds is 5. The van der Waals surface area contributed by atoms with E-state index in [1.54, 1.807) is 17.7 Å². The summed E-state index contributed by atoms with van der Waals surface area (Å²) in [7, 11) is 1.79. The summed E-state index contributed by atoms with van der Waals surface area (Å²) in [5.41, 5.74) is 1.76. The van der Waals surface area contributed by atoms with E-state index in [-0.39, 0.29) is 11.9 Å². The lowest BCUT2D eigenvalue weighted by Crippen LogP contribution is -2.38. The number of carbonyl (C=O) groups is 2. The van der Waals surface area contributed by atoms with Gasteiger partial charge in [-0.3, -0.25) is 4.79 Å². The number of hydrogen-bond donors (Lipinski definition) is 1. The number of esters is 1. The molecule has 146 valence electrons. The van der Waals surface area contributed by atoms with Crippen LogP contribution in [0.2, 0.25) is 0 Å². The summed E-state index contributed by atoms with van der Waals surface area (Å²) in [6.07, 6.45) is 2.87. The van der Waals surface area contributed by atoms with Crippen LogP contribution in [0.15, 0.2) is 41.8 Å². The van der Waals surface area contributed by atoms with Gasteiger partial charge in [-0.25, -0.2) is 9.18 Å². The molecule has 0 bridgehead atoms. The maximum Gasteiger partial charge on any atom is 0.356 e. The molecule has 2 aromatic heterocycles. The highest BCUT2D eigenvalue weighted by molar-refractivity contribution is 7.17. The lowest BCUT2D eigenvalue weighted by Gasteiger charge is -2.21. The first-order valence-corrected chi connectivity index (χ1v) is 10.2. The van der Waals surface area contributed by atoms with E-state index in [2.05, 4.69) is 5.32 Å². The second-order valence-corrected chi connectivity index (χ2v) is 8.03. The van der Waals surface area contributed by atoms with Crippen LogP contribution in [0.4, 0.5) is 4.39 Å². The molecule has 1 N–H and O–H groups in total. The Hall–Kier alpha value is -2.67. The van der Waals surface area contributed by atoms with E-state index >= 15 is 0 Å². The molecule has 0 unspecified atom stereocenters. The molecule has 0 radical (unpaired) electrons. The Bertz CT molecular complexity index is 1000. The standard InChI is InChI=1S/C21H21FN2O3S/c1-24-16-10-11-28-18(16)12-17(24)21(26)27-19(13-6-8-14(22)9-7-13)20(25)23-15-4-2-3-5-15/h6-12,15,19H,2-5H2,1H3,(H,23,25)/t19-/m1/s1. The first kappa shape index (κ1) is 18.7. The molecule has 2 heterocycles. The van der Waals surface area contributed by atoms with E-state index in [1.807, 2.05) is 11.4 Å². The minimum Gasteiger partial charge on any atom is -0.443 e. The lowest BCUT2D eigenvalue weighted by atomic mass is 10.1. The van der Waals surface area contributed by atoms with E-state index in [0.29, 0.717) is 11.3 Å². The highest BCUT2D eigenvalue weighted by Gasteiger charge is 2.29. The van der Waals surface area contributed by atoms with Crippen LogP contribution < -0.4 is 5.32 Å². The average molecular weight is 400 g/mol. The number of carbonyl (C=O) groups excluding carboxylic acids is 2. The fourth-order valence-electron chi connectivity index (χ4n) is 3.67. The monoisotopic (exact) mass is 400 g/mol. The molecule has 0 aliphatic heterocycles. The zero-order valence-electron chi connectivity index (χ0n) is 15.5. The largest absolute Gasteiger partial charge is 0.443 e. The van der Waals surface area contributed by atoms with Gasteiger partial charge in [-0.2, -0.15) is 0 Å². The molecule has 1 atom stereocenters. The molecule has 1 aliphatic rings. The Kier molecular flexibility index (Phi) is 5.17. The lowest BCUT2D eigenvalue weighted by molar-refractivity contribution is -0.131. The van der Waals surface area contributed by atoms with Crippen LogP contribution in [0.5, 0.6) is 0 Å². The van der Waals surface area contributed by atoms with Gasteiger partial charge in [0.15, 0.2) is 0 Å². The maximum atomic E-state index is 13.3. The van der Waals surface area contributed by atoms with Gasteiger partial charge in [-0.05, 0) is 42.5 Å². The summed E-state index contributed by atoms with van der Waals surface area (Å²) < 4.78 is 21.7. The fraction of sp³-hybridized carbons (Fsp3) is 0.333. The second-order valence-electron chi connectivity index (χ2n) is 7.09. The molecule has 1 fully saturated rings. The maximum absolute atomic E-state index is 13.3. The minimum atomic E-state index is -1.12. The Labute approximate surface area is 166 Å². The normalized spacial score (nSPS) is 15.6. The van der Waals surface area contributed by atoms with Crippen LogP contribution in [0.1, 0.15) is 47.8 Å². The summed E-state index contributed by atoms with van der Waals surface area (Å²) in [5.74, 6) is -1.36. The van der Waals surface area contributed by atoms with E-state index in [4.69, 9.17) is 4.74 Å². The van der Waals surface area contributed by atoms with Crippen molar-refractivity contribution in [3.63, 3.8) is 0 Å². The molecule has 4 rings (SSSR count). The predicted molar refractivity (Wildman–Crippen MR) is 106 cm³/mol. The Morgan fingerprint density at radius 2 is 1.93 bits per heavy atom. The number of nitrogens with zero attached hydrogens (tertiary/aromatic N) is 1. The molecule has 0 spiro atoms. The van der Waals surface area contributed by atoms with Crippen molar-refractivity contribution in [1.29, 1.82) is 0 Å². The smallest absolute Gasteiger partial charge is 0.356 e. The molecule has 1 saturated carbocycles. The van der Waals surface area contributed by atoms with Crippen LogP contribution in [0, 0.1) is 5.82 Å². The van der Waals surface area contributed by atoms with Crippen LogP contribution in [-0.2, 0) is 16.6 Å². The SMILES string of the molecule is Cn1c(C(=O)O[C@@H](C(=O)NC2CCCC2)c2ccc(F)cc2)cc2sccc21. The summed E-state index contributed by atoms with van der Waals surface area (Å²) in [6.45, 7) is 0. The molecule has 1 aromatic carbocycles. The van der Waals surface area contributed by atoms with E-state index in [0.717, 1.165) is 35.9 Å². The summed E-state index contributed by atoms with van der Waals surface area (Å²) in [5, 5.41) is 4.92. The first-order chi connectivity index (χ1) is 13.5. The number of fused-ring (bicyclic) bond motifs is 1. The third-order valence-electron chi connectivity index (χ3n) is 5.21. The second kappa shape index (κ2) is 7.75. The predicted octanol–water partition coefficient (Wildman–Crippen LogP) is 4.34. The molecular formula is C21H21FN2O3S. The van der Waals surface area contributed by atoms with Crippen molar-refractivity contribution < 1.29 is 18.7 Å². The van der Waals surface area contributed by atoms with Crippen molar-refractivity contribution in [2.45, 2.75) is 37.8 Å². The molecule has 28 heavy (non-hydrogen) atoms. The van der Waals surface area contributed by atoms with Crippen molar-refractivity contribution in [2.75, 3.05) is 0 Å². The first-order valence-electron chi connectivity index (χ1n) is 9.32. The Morgan fingerprint density at radius 1 is 1.21 bits per heavy atom. The highest BCUT2D eigenvalue weighted by Crippen LogP contribution is 2.27. The van der Waals surface area contributed by atoms with Crippen LogP contribution in [0.3, 0.4) is 0 Å². The number of aryl methyl sites for hydroxylation is 1. The number of aromatic nitrogens is 1. The topological polar surface area (TPSA) is 60.3 Å². The van der Waals surface area contributed by atoms with Crippen LogP contribution >= 0.6 is 11.3 Å². The van der Waals surface area contributed by atoms with Gasteiger partial charge in [0.25, 0.3) is 5.91 Å². The summed E-state index contributed by atoms with van der Waals surface area (Å²) in [4.78, 5) is 25.7. The number of ether oxygens (including phenoxy) is 1. The molecule has 7 heteroatoms. The summed E-state index contributed by atoms with van der Waals surface area (Å²) in [6, 6.07) is 9.26. The van der Waals surface area contributed by atoms with Crippen molar-refractivity contribution in [3.8, 4) is 0 Å². The van der Waals surface area contributed by atoms with Crippen molar-refractivity contribution in [3.05, 3.63) is 58.9 Å². The van der Waals surface area contributed by atoms with Gasteiger partial charge in [0.05, 0.1) is 10.2 Å². The van der Waals surface area contributed by atoms with Gasteiger partial charge in [-0.1, -0.05) is 25.0 Å². The van der Waals surface area contributed by atoms with Gasteiger partial charge in [-0.15, -0.1) is 11.3 Å². The van der Waals surface area contributed by atoms with E-state index in [9.17, 15) is 14.0 Å². The summed E-state index contributed by atoms with van der Waals surface area (Å²) >= 11 is 1.53. The average Bonchev–Trinajstić information content (AvgIpc) is 3.40. The number of nitrogens with one attached hydrogen (secondary N) is 1. The number of benzene rings is 1. The van der Waals surface area contributed by atoms with Gasteiger partial charge >= 0.3 is 5.97 Å². The van der Waals surface area contributed by atoms with Gasteiger partial charge in [0.1, 0.15) is 11.5 Å². The fourth-order valence-corrected chi connectivity index (χ4v) is 4.52. The molecule has 1 aliphatic carbocycles. The Balaban J connectivity index is 1.59. The van der Waals surface area contributed by atoms with Crippen molar-refractivity contribution in [1.82, 2.24) is 9.88 Å². The minimum absolute atomic E-state index is 0.0922. The van der Waals surface area contributed by atoms with Crippen molar-refractivity contribution >= 4 is 33.4 Å². The van der Waals surface area contributed by atoms with Crippen LogP contribution in [0.25, 0.3) is 10.2 Å².